The molecule has 35 heavy (non-hydrogen) atoms. The van der Waals surface area contributed by atoms with Gasteiger partial charge in [0.1, 0.15) is 0 Å². The van der Waals surface area contributed by atoms with Crippen molar-refractivity contribution in [2.45, 2.75) is 43.4 Å². The normalized spacial score (nSPS) is 14.3. The average Bonchev–Trinajstić information content (AvgIpc) is 3.21. The molecule has 0 aliphatic carbocycles. The van der Waals surface area contributed by atoms with Crippen molar-refractivity contribution in [2.24, 2.45) is 0 Å². The summed E-state index contributed by atoms with van der Waals surface area (Å²) in [5.41, 5.74) is 3.92. The van der Waals surface area contributed by atoms with E-state index in [0.29, 0.717) is 29.9 Å². The van der Waals surface area contributed by atoms with E-state index in [1.165, 1.54) is 36.4 Å². The summed E-state index contributed by atoms with van der Waals surface area (Å²) in [5, 5.41) is 0. The first kappa shape index (κ1) is 24.7. The second kappa shape index (κ2) is 9.35. The first-order chi connectivity index (χ1) is 16.5. The molecule has 0 aromatic heterocycles. The molecule has 0 spiro atoms. The maximum absolute atomic E-state index is 12.9. The van der Waals surface area contributed by atoms with E-state index in [-0.39, 0.29) is 21.4 Å². The van der Waals surface area contributed by atoms with Crippen LogP contribution in [0.15, 0.2) is 70.5 Å². The second-order valence-corrected chi connectivity index (χ2v) is 12.0. The van der Waals surface area contributed by atoms with Gasteiger partial charge in [0.2, 0.25) is 5.91 Å². The largest absolute Gasteiger partial charge is 0.312 e. The van der Waals surface area contributed by atoms with E-state index < -0.39 is 20.0 Å². The van der Waals surface area contributed by atoms with Crippen molar-refractivity contribution in [1.82, 2.24) is 0 Å². The predicted octanol–water partition coefficient (Wildman–Crippen LogP) is 4.34. The molecule has 0 atom stereocenters. The molecule has 1 amide bonds. The Morgan fingerprint density at radius 2 is 1.40 bits per heavy atom. The van der Waals surface area contributed by atoms with Gasteiger partial charge in [0.15, 0.2) is 0 Å². The zero-order chi connectivity index (χ0) is 25.4. The number of hydrogen-bond donors (Lipinski definition) is 2. The molecule has 2 N–H and O–H groups in total. The van der Waals surface area contributed by atoms with Gasteiger partial charge in [0, 0.05) is 24.3 Å². The Morgan fingerprint density at radius 1 is 0.743 bits per heavy atom. The van der Waals surface area contributed by atoms with Gasteiger partial charge in [-0.3, -0.25) is 14.2 Å². The van der Waals surface area contributed by atoms with Gasteiger partial charge in [-0.25, -0.2) is 16.8 Å². The molecule has 1 saturated heterocycles. The minimum Gasteiger partial charge on any atom is -0.312 e. The Balaban J connectivity index is 1.50. The third-order valence-electron chi connectivity index (χ3n) is 5.89. The highest BCUT2D eigenvalue weighted by Gasteiger charge is 2.24. The van der Waals surface area contributed by atoms with Gasteiger partial charge in [-0.1, -0.05) is 17.7 Å². The Kier molecular flexibility index (Phi) is 6.61. The molecule has 10 heteroatoms. The third-order valence-corrected chi connectivity index (χ3v) is 8.65. The highest BCUT2D eigenvalue weighted by atomic mass is 32.2. The third kappa shape index (κ3) is 5.33. The van der Waals surface area contributed by atoms with E-state index in [9.17, 15) is 21.6 Å². The number of aryl methyl sites for hydroxylation is 3. The van der Waals surface area contributed by atoms with Crippen LogP contribution in [0.2, 0.25) is 0 Å². The summed E-state index contributed by atoms with van der Waals surface area (Å²) >= 11 is 0. The van der Waals surface area contributed by atoms with Gasteiger partial charge < -0.3 is 4.90 Å². The molecule has 0 saturated carbocycles. The summed E-state index contributed by atoms with van der Waals surface area (Å²) in [6.45, 7) is 6.13. The van der Waals surface area contributed by atoms with Crippen LogP contribution in [0.1, 0.15) is 29.5 Å². The topological polar surface area (TPSA) is 113 Å². The van der Waals surface area contributed by atoms with Crippen molar-refractivity contribution in [3.63, 3.8) is 0 Å². The molecule has 8 nitrogen and oxygen atoms in total. The molecule has 1 aliphatic rings. The summed E-state index contributed by atoms with van der Waals surface area (Å²) < 4.78 is 56.4. The van der Waals surface area contributed by atoms with Crippen LogP contribution in [0.3, 0.4) is 0 Å². The van der Waals surface area contributed by atoms with E-state index in [1.807, 2.05) is 26.0 Å². The maximum atomic E-state index is 12.9. The van der Waals surface area contributed by atoms with Gasteiger partial charge in [-0.2, -0.15) is 0 Å². The summed E-state index contributed by atoms with van der Waals surface area (Å²) in [6, 6.07) is 15.5. The predicted molar refractivity (Wildman–Crippen MR) is 137 cm³/mol. The minimum atomic E-state index is -3.91. The van der Waals surface area contributed by atoms with E-state index in [2.05, 4.69) is 9.44 Å². The Morgan fingerprint density at radius 3 is 2.00 bits per heavy atom. The molecule has 0 radical (unpaired) electrons. The van der Waals surface area contributed by atoms with Crippen molar-refractivity contribution in [3.8, 4) is 0 Å². The number of rotatable bonds is 7. The molecule has 184 valence electrons. The van der Waals surface area contributed by atoms with E-state index in [0.717, 1.165) is 17.5 Å². The number of anilines is 3. The quantitative estimate of drug-likeness (QED) is 0.488. The smallest absolute Gasteiger partial charge is 0.261 e. The molecular formula is C25H27N3O5S2. The number of amides is 1. The second-order valence-electron chi connectivity index (χ2n) is 8.65. The lowest BCUT2D eigenvalue weighted by molar-refractivity contribution is -0.117. The van der Waals surface area contributed by atoms with Crippen LogP contribution < -0.4 is 14.3 Å². The molecule has 1 heterocycles. The highest BCUT2D eigenvalue weighted by Crippen LogP contribution is 2.28. The van der Waals surface area contributed by atoms with Crippen LogP contribution >= 0.6 is 0 Å². The number of sulfonamides is 2. The zero-order valence-corrected chi connectivity index (χ0v) is 21.3. The molecule has 0 bridgehead atoms. The molecule has 3 aromatic rings. The van der Waals surface area contributed by atoms with Crippen LogP contribution in [-0.2, 0) is 24.8 Å². The van der Waals surface area contributed by atoms with Crippen LogP contribution in [0.4, 0.5) is 17.1 Å². The maximum Gasteiger partial charge on any atom is 0.261 e. The number of hydrogen-bond acceptors (Lipinski definition) is 5. The van der Waals surface area contributed by atoms with Crippen molar-refractivity contribution >= 4 is 43.0 Å². The SMILES string of the molecule is Cc1ccc(NS(=O)(=O)c2ccc(NS(=O)(=O)c3ccc(N4CCCC4=O)c(C)c3)cc2)c(C)c1. The van der Waals surface area contributed by atoms with Crippen molar-refractivity contribution < 1.29 is 21.6 Å². The van der Waals surface area contributed by atoms with Gasteiger partial charge in [-0.15, -0.1) is 0 Å². The van der Waals surface area contributed by atoms with Crippen LogP contribution in [-0.4, -0.2) is 29.3 Å². The van der Waals surface area contributed by atoms with Crippen molar-refractivity contribution in [3.05, 3.63) is 77.4 Å². The fourth-order valence-electron chi connectivity index (χ4n) is 4.05. The molecular weight excluding hydrogens is 486 g/mol. The molecule has 1 fully saturated rings. The summed E-state index contributed by atoms with van der Waals surface area (Å²) in [7, 11) is -7.76. The Hall–Kier alpha value is -3.37. The van der Waals surface area contributed by atoms with Gasteiger partial charge in [0.25, 0.3) is 20.0 Å². The monoisotopic (exact) mass is 513 g/mol. The van der Waals surface area contributed by atoms with E-state index >= 15 is 0 Å². The minimum absolute atomic E-state index is 0.0101. The fourth-order valence-corrected chi connectivity index (χ4v) is 6.32. The number of benzene rings is 3. The van der Waals surface area contributed by atoms with Crippen LogP contribution in [0, 0.1) is 20.8 Å². The standard InChI is InChI=1S/C25H27N3O5S2/c1-17-6-12-23(18(2)15-17)27-34(30,31)21-9-7-20(8-10-21)26-35(32,33)22-11-13-24(19(3)16-22)28-14-4-5-25(28)29/h6-13,15-16,26-27H,4-5,14H2,1-3H3. The summed E-state index contributed by atoms with van der Waals surface area (Å²) in [4.78, 5) is 13.8. The van der Waals surface area contributed by atoms with Crippen molar-refractivity contribution in [2.75, 3.05) is 20.9 Å². The van der Waals surface area contributed by atoms with Gasteiger partial charge >= 0.3 is 0 Å². The average molecular weight is 514 g/mol. The summed E-state index contributed by atoms with van der Waals surface area (Å²) in [6.07, 6.45) is 1.28. The number of nitrogens with zero attached hydrogens (tertiary/aromatic N) is 1. The number of nitrogens with one attached hydrogen (secondary N) is 2. The molecule has 0 unspecified atom stereocenters. The van der Waals surface area contributed by atoms with E-state index in [1.54, 1.807) is 24.0 Å². The van der Waals surface area contributed by atoms with Gasteiger partial charge in [0.05, 0.1) is 15.5 Å². The summed E-state index contributed by atoms with van der Waals surface area (Å²) in [5.74, 6) is 0.0314. The lowest BCUT2D eigenvalue weighted by atomic mass is 10.1. The number of carbonyl (C=O) groups is 1. The Bertz CT molecular complexity index is 1500. The lowest BCUT2D eigenvalue weighted by Gasteiger charge is -2.19. The molecule has 3 aromatic carbocycles. The number of carbonyl (C=O) groups excluding carboxylic acids is 1. The Labute approximate surface area is 206 Å². The van der Waals surface area contributed by atoms with Crippen LogP contribution in [0.25, 0.3) is 0 Å². The fraction of sp³-hybridized carbons (Fsp3) is 0.240. The zero-order valence-electron chi connectivity index (χ0n) is 19.7. The van der Waals surface area contributed by atoms with Gasteiger partial charge in [-0.05, 0) is 86.8 Å². The molecule has 4 rings (SSSR count). The van der Waals surface area contributed by atoms with Crippen molar-refractivity contribution in [1.29, 1.82) is 0 Å². The lowest BCUT2D eigenvalue weighted by Crippen LogP contribution is -2.24. The first-order valence-electron chi connectivity index (χ1n) is 11.1. The van der Waals surface area contributed by atoms with E-state index in [4.69, 9.17) is 0 Å². The van der Waals surface area contributed by atoms with Crippen LogP contribution in [0.5, 0.6) is 0 Å². The molecule has 1 aliphatic heterocycles. The highest BCUT2D eigenvalue weighted by molar-refractivity contribution is 7.93. The first-order valence-corrected chi connectivity index (χ1v) is 14.1.